The molecule has 1 aromatic carbocycles. The van der Waals surface area contributed by atoms with Gasteiger partial charge < -0.3 is 14.9 Å². The van der Waals surface area contributed by atoms with E-state index in [0.29, 0.717) is 10.7 Å². The van der Waals surface area contributed by atoms with E-state index in [1.807, 2.05) is 0 Å². The van der Waals surface area contributed by atoms with Gasteiger partial charge in [0.1, 0.15) is 17.7 Å². The lowest BCUT2D eigenvalue weighted by atomic mass is 10.2. The third-order valence-electron chi connectivity index (χ3n) is 1.89. The van der Waals surface area contributed by atoms with E-state index in [1.54, 1.807) is 0 Å². The number of carbonyl (C=O) groups excluding carboxylic acids is 1. The molecule has 0 spiro atoms. The van der Waals surface area contributed by atoms with E-state index in [2.05, 4.69) is 15.0 Å². The Bertz CT molecular complexity index is 511. The van der Waals surface area contributed by atoms with E-state index in [1.165, 1.54) is 30.7 Å². The minimum Gasteiger partial charge on any atom is -0.507 e. The molecule has 2 rings (SSSR count). The normalized spacial score (nSPS) is 10.1. The molecule has 2 N–H and O–H groups in total. The fraction of sp³-hybridized carbons (Fsp3) is 0. The summed E-state index contributed by atoms with van der Waals surface area (Å²) >= 11 is 5.72. The maximum Gasteiger partial charge on any atom is 0.259 e. The molecule has 2 aromatic rings. The van der Waals surface area contributed by atoms with Gasteiger partial charge >= 0.3 is 0 Å². The number of nitrogens with zero attached hydrogens (tertiary/aromatic N) is 1. The van der Waals surface area contributed by atoms with Crippen molar-refractivity contribution in [2.24, 2.45) is 0 Å². The number of benzene rings is 1. The molecule has 0 bridgehead atoms. The van der Waals surface area contributed by atoms with E-state index < -0.39 is 5.91 Å². The van der Waals surface area contributed by atoms with Gasteiger partial charge in [-0.15, -0.1) is 0 Å². The summed E-state index contributed by atoms with van der Waals surface area (Å²) in [5.74, 6) is -0.624. The van der Waals surface area contributed by atoms with Gasteiger partial charge in [-0.25, -0.2) is 0 Å². The summed E-state index contributed by atoms with van der Waals surface area (Å²) in [5.41, 5.74) is 0.498. The zero-order chi connectivity index (χ0) is 11.5. The van der Waals surface area contributed by atoms with Gasteiger partial charge in [-0.3, -0.25) is 4.79 Å². The number of phenols is 1. The van der Waals surface area contributed by atoms with Crippen molar-refractivity contribution >= 4 is 23.2 Å². The largest absolute Gasteiger partial charge is 0.507 e. The predicted octanol–water partition coefficient (Wildman–Crippen LogP) is 2.29. The van der Waals surface area contributed by atoms with Gasteiger partial charge in [0.05, 0.1) is 11.8 Å². The first kappa shape index (κ1) is 10.5. The second kappa shape index (κ2) is 4.24. The molecule has 1 heterocycles. The van der Waals surface area contributed by atoms with Crippen molar-refractivity contribution in [3.63, 3.8) is 0 Å². The van der Waals surface area contributed by atoms with Gasteiger partial charge in [-0.05, 0) is 18.2 Å². The first-order valence-corrected chi connectivity index (χ1v) is 4.74. The SMILES string of the molecule is O=C(Nc1cnoc1)c1cc(Cl)ccc1O. The maximum atomic E-state index is 11.7. The van der Waals surface area contributed by atoms with E-state index in [9.17, 15) is 9.90 Å². The zero-order valence-corrected chi connectivity index (χ0v) is 8.73. The number of aromatic nitrogens is 1. The van der Waals surface area contributed by atoms with Gasteiger partial charge in [-0.2, -0.15) is 0 Å². The Morgan fingerprint density at radius 2 is 2.31 bits per heavy atom. The van der Waals surface area contributed by atoms with Gasteiger partial charge in [0.15, 0.2) is 0 Å². The maximum absolute atomic E-state index is 11.7. The number of halogens is 1. The first-order chi connectivity index (χ1) is 7.66. The number of carbonyl (C=O) groups is 1. The molecule has 0 aliphatic carbocycles. The van der Waals surface area contributed by atoms with Crippen molar-refractivity contribution in [3.05, 3.63) is 41.2 Å². The second-order valence-electron chi connectivity index (χ2n) is 3.03. The molecule has 0 saturated heterocycles. The molecule has 0 aliphatic rings. The highest BCUT2D eigenvalue weighted by Gasteiger charge is 2.12. The average Bonchev–Trinajstić information content (AvgIpc) is 2.74. The van der Waals surface area contributed by atoms with Crippen LogP contribution < -0.4 is 5.32 Å². The van der Waals surface area contributed by atoms with Crippen LogP contribution in [0.3, 0.4) is 0 Å². The number of hydrogen-bond acceptors (Lipinski definition) is 4. The Kier molecular flexibility index (Phi) is 2.78. The number of amides is 1. The van der Waals surface area contributed by atoms with E-state index in [0.717, 1.165) is 0 Å². The molecular weight excluding hydrogens is 232 g/mol. The van der Waals surface area contributed by atoms with Crippen LogP contribution in [0.2, 0.25) is 5.02 Å². The highest BCUT2D eigenvalue weighted by Crippen LogP contribution is 2.22. The molecular formula is C10H7ClN2O3. The number of anilines is 1. The molecule has 0 aliphatic heterocycles. The lowest BCUT2D eigenvalue weighted by molar-refractivity contribution is 0.102. The number of nitrogens with one attached hydrogen (secondary N) is 1. The Labute approximate surface area is 95.6 Å². The number of rotatable bonds is 2. The lowest BCUT2D eigenvalue weighted by Crippen LogP contribution is -2.11. The van der Waals surface area contributed by atoms with Crippen molar-refractivity contribution < 1.29 is 14.4 Å². The minimum atomic E-state index is -0.483. The van der Waals surface area contributed by atoms with Crippen molar-refractivity contribution in [1.29, 1.82) is 0 Å². The van der Waals surface area contributed by atoms with Crippen LogP contribution in [0.4, 0.5) is 5.69 Å². The fourth-order valence-electron chi connectivity index (χ4n) is 1.16. The molecule has 0 fully saturated rings. The van der Waals surface area contributed by atoms with Crippen LogP contribution in [0.1, 0.15) is 10.4 Å². The van der Waals surface area contributed by atoms with Gasteiger partial charge in [-0.1, -0.05) is 16.8 Å². The summed E-state index contributed by atoms with van der Waals surface area (Å²) in [7, 11) is 0. The average molecular weight is 239 g/mol. The van der Waals surface area contributed by atoms with Crippen LogP contribution in [-0.2, 0) is 0 Å². The summed E-state index contributed by atoms with van der Waals surface area (Å²) in [6, 6.07) is 4.22. The molecule has 0 saturated carbocycles. The number of hydrogen-bond donors (Lipinski definition) is 2. The molecule has 82 valence electrons. The van der Waals surface area contributed by atoms with Crippen LogP contribution in [0, 0.1) is 0 Å². The topological polar surface area (TPSA) is 75.4 Å². The van der Waals surface area contributed by atoms with E-state index in [4.69, 9.17) is 11.6 Å². The minimum absolute atomic E-state index is 0.0914. The second-order valence-corrected chi connectivity index (χ2v) is 3.47. The quantitative estimate of drug-likeness (QED) is 0.842. The third kappa shape index (κ3) is 2.14. The van der Waals surface area contributed by atoms with E-state index >= 15 is 0 Å². The van der Waals surface area contributed by atoms with Gasteiger partial charge in [0, 0.05) is 5.02 Å². The van der Waals surface area contributed by atoms with Crippen LogP contribution in [0.25, 0.3) is 0 Å². The van der Waals surface area contributed by atoms with E-state index in [-0.39, 0.29) is 11.3 Å². The molecule has 1 amide bonds. The monoisotopic (exact) mass is 238 g/mol. The van der Waals surface area contributed by atoms with Crippen molar-refractivity contribution in [2.45, 2.75) is 0 Å². The highest BCUT2D eigenvalue weighted by atomic mass is 35.5. The van der Waals surface area contributed by atoms with Crippen LogP contribution in [-0.4, -0.2) is 16.2 Å². The van der Waals surface area contributed by atoms with Gasteiger partial charge in [0.2, 0.25) is 0 Å². The van der Waals surface area contributed by atoms with Crippen molar-refractivity contribution in [2.75, 3.05) is 5.32 Å². The van der Waals surface area contributed by atoms with Crippen LogP contribution in [0.15, 0.2) is 35.2 Å². The summed E-state index contributed by atoms with van der Waals surface area (Å²) in [4.78, 5) is 11.7. The Morgan fingerprint density at radius 3 is 3.00 bits per heavy atom. The molecule has 1 aromatic heterocycles. The molecule has 0 atom stereocenters. The Balaban J connectivity index is 2.24. The van der Waals surface area contributed by atoms with Crippen molar-refractivity contribution in [3.8, 4) is 5.75 Å². The summed E-state index contributed by atoms with van der Waals surface area (Å²) in [5, 5.41) is 15.8. The standard InChI is InChI=1S/C10H7ClN2O3/c11-6-1-2-9(14)8(3-6)10(15)13-7-4-12-16-5-7/h1-5,14H,(H,13,15). The van der Waals surface area contributed by atoms with Crippen LogP contribution in [0.5, 0.6) is 5.75 Å². The summed E-state index contributed by atoms with van der Waals surface area (Å²) in [6.07, 6.45) is 2.62. The summed E-state index contributed by atoms with van der Waals surface area (Å²) in [6.45, 7) is 0. The Hall–Kier alpha value is -2.01. The van der Waals surface area contributed by atoms with Gasteiger partial charge in [0.25, 0.3) is 5.91 Å². The molecule has 5 nitrogen and oxygen atoms in total. The summed E-state index contributed by atoms with van der Waals surface area (Å²) < 4.78 is 4.55. The molecule has 0 unspecified atom stereocenters. The Morgan fingerprint density at radius 1 is 1.50 bits per heavy atom. The molecule has 0 radical (unpaired) electrons. The molecule has 16 heavy (non-hydrogen) atoms. The zero-order valence-electron chi connectivity index (χ0n) is 7.98. The third-order valence-corrected chi connectivity index (χ3v) is 2.13. The number of phenolic OH excluding ortho intramolecular Hbond substituents is 1. The highest BCUT2D eigenvalue weighted by molar-refractivity contribution is 6.31. The predicted molar refractivity (Wildman–Crippen MR) is 57.6 cm³/mol. The van der Waals surface area contributed by atoms with Crippen molar-refractivity contribution in [1.82, 2.24) is 5.16 Å². The van der Waals surface area contributed by atoms with Crippen LogP contribution >= 0.6 is 11.6 Å². The first-order valence-electron chi connectivity index (χ1n) is 4.36. The molecule has 6 heteroatoms. The number of aromatic hydroxyl groups is 1. The lowest BCUT2D eigenvalue weighted by Gasteiger charge is -2.04. The fourth-order valence-corrected chi connectivity index (χ4v) is 1.33. The smallest absolute Gasteiger partial charge is 0.259 e.